The molecule has 1 aliphatic rings. The minimum atomic E-state index is -0.160. The second-order valence-electron chi connectivity index (χ2n) is 6.13. The highest BCUT2D eigenvalue weighted by molar-refractivity contribution is 5.95. The summed E-state index contributed by atoms with van der Waals surface area (Å²) in [6.07, 6.45) is 4.08. The second kappa shape index (κ2) is 9.51. The van der Waals surface area contributed by atoms with Crippen molar-refractivity contribution in [2.75, 3.05) is 19.8 Å². The lowest BCUT2D eigenvalue weighted by atomic mass is 9.91. The van der Waals surface area contributed by atoms with Crippen molar-refractivity contribution in [2.45, 2.75) is 58.5 Å². The van der Waals surface area contributed by atoms with Crippen LogP contribution in [-0.4, -0.2) is 37.8 Å². The van der Waals surface area contributed by atoms with E-state index in [1.807, 2.05) is 20.8 Å². The maximum Gasteiger partial charge on any atom is 0.251 e. The van der Waals surface area contributed by atoms with Gasteiger partial charge in [-0.05, 0) is 45.7 Å². The first kappa shape index (κ1) is 19.4. The normalized spacial score (nSPS) is 20.0. The molecule has 1 aliphatic carbocycles. The maximum atomic E-state index is 12.7. The standard InChI is InChI=1S/C19H30N2O4/c1-4-23-16-11-13(12-17(24-5-2)18(16)25-6-3)19(22)21-15-10-8-7-9-14(15)20/h11-12,14-15H,4-10,20H2,1-3H3,(H,21,22)/t14-,15-/m1/s1. The molecule has 6 heteroatoms. The van der Waals surface area contributed by atoms with Crippen molar-refractivity contribution in [3.8, 4) is 17.2 Å². The zero-order valence-corrected chi connectivity index (χ0v) is 15.5. The van der Waals surface area contributed by atoms with E-state index in [9.17, 15) is 4.79 Å². The van der Waals surface area contributed by atoms with E-state index in [-0.39, 0.29) is 18.0 Å². The zero-order valence-electron chi connectivity index (χ0n) is 15.5. The van der Waals surface area contributed by atoms with E-state index in [4.69, 9.17) is 19.9 Å². The first-order valence-electron chi connectivity index (χ1n) is 9.23. The van der Waals surface area contributed by atoms with E-state index in [2.05, 4.69) is 5.32 Å². The lowest BCUT2D eigenvalue weighted by molar-refractivity contribution is 0.0920. The number of carbonyl (C=O) groups excluding carboxylic acids is 1. The molecule has 0 heterocycles. The van der Waals surface area contributed by atoms with Gasteiger partial charge in [0.2, 0.25) is 5.75 Å². The SMILES string of the molecule is CCOc1cc(C(=O)N[C@@H]2CCCC[C@H]2N)cc(OCC)c1OCC. The second-order valence-corrected chi connectivity index (χ2v) is 6.13. The molecular formula is C19H30N2O4. The Morgan fingerprint density at radius 1 is 1.04 bits per heavy atom. The average Bonchev–Trinajstić information content (AvgIpc) is 2.60. The van der Waals surface area contributed by atoms with Gasteiger partial charge >= 0.3 is 0 Å². The Kier molecular flexibility index (Phi) is 7.37. The summed E-state index contributed by atoms with van der Waals surface area (Å²) in [5.41, 5.74) is 6.63. The van der Waals surface area contributed by atoms with Crippen LogP contribution < -0.4 is 25.3 Å². The van der Waals surface area contributed by atoms with Crippen LogP contribution in [0.5, 0.6) is 17.2 Å². The predicted octanol–water partition coefficient (Wildman–Crippen LogP) is 2.88. The van der Waals surface area contributed by atoms with E-state index in [1.165, 1.54) is 0 Å². The Balaban J connectivity index is 2.27. The van der Waals surface area contributed by atoms with Gasteiger partial charge in [0.1, 0.15) is 0 Å². The van der Waals surface area contributed by atoms with Gasteiger partial charge in [0.15, 0.2) is 11.5 Å². The first-order valence-corrected chi connectivity index (χ1v) is 9.23. The van der Waals surface area contributed by atoms with Gasteiger partial charge in [-0.15, -0.1) is 0 Å². The van der Waals surface area contributed by atoms with Gasteiger partial charge in [-0.25, -0.2) is 0 Å². The van der Waals surface area contributed by atoms with Crippen LogP contribution in [-0.2, 0) is 0 Å². The van der Waals surface area contributed by atoms with Crippen molar-refractivity contribution < 1.29 is 19.0 Å². The molecule has 2 atom stereocenters. The molecule has 140 valence electrons. The molecule has 1 saturated carbocycles. The van der Waals surface area contributed by atoms with Crippen LogP contribution in [0.4, 0.5) is 0 Å². The Hall–Kier alpha value is -1.95. The fraction of sp³-hybridized carbons (Fsp3) is 0.632. The summed E-state index contributed by atoms with van der Waals surface area (Å²) < 4.78 is 17.0. The molecule has 0 aromatic heterocycles. The van der Waals surface area contributed by atoms with Crippen molar-refractivity contribution in [3.63, 3.8) is 0 Å². The summed E-state index contributed by atoms with van der Waals surface area (Å²) in [6, 6.07) is 3.44. The van der Waals surface area contributed by atoms with E-state index < -0.39 is 0 Å². The molecule has 1 aromatic carbocycles. The van der Waals surface area contributed by atoms with Crippen LogP contribution in [0, 0.1) is 0 Å². The molecule has 1 aromatic rings. The highest BCUT2D eigenvalue weighted by Crippen LogP contribution is 2.39. The summed E-state index contributed by atoms with van der Waals surface area (Å²) in [5.74, 6) is 1.42. The Labute approximate surface area is 150 Å². The monoisotopic (exact) mass is 350 g/mol. The maximum absolute atomic E-state index is 12.7. The third-order valence-electron chi connectivity index (χ3n) is 4.31. The summed E-state index contributed by atoms with van der Waals surface area (Å²) in [4.78, 5) is 12.7. The van der Waals surface area contributed by atoms with Crippen molar-refractivity contribution in [1.82, 2.24) is 5.32 Å². The molecule has 3 N–H and O–H groups in total. The molecule has 0 bridgehead atoms. The smallest absolute Gasteiger partial charge is 0.251 e. The minimum Gasteiger partial charge on any atom is -0.490 e. The van der Waals surface area contributed by atoms with Crippen molar-refractivity contribution >= 4 is 5.91 Å². The number of carbonyl (C=O) groups is 1. The highest BCUT2D eigenvalue weighted by atomic mass is 16.5. The summed E-state index contributed by atoms with van der Waals surface area (Å²) >= 11 is 0. The van der Waals surface area contributed by atoms with Gasteiger partial charge in [-0.3, -0.25) is 4.79 Å². The Morgan fingerprint density at radius 3 is 2.12 bits per heavy atom. The molecule has 6 nitrogen and oxygen atoms in total. The van der Waals surface area contributed by atoms with Crippen LogP contribution in [0.25, 0.3) is 0 Å². The van der Waals surface area contributed by atoms with Crippen molar-refractivity contribution in [3.05, 3.63) is 17.7 Å². The number of nitrogens with two attached hydrogens (primary N) is 1. The van der Waals surface area contributed by atoms with Gasteiger partial charge in [0.05, 0.1) is 19.8 Å². The van der Waals surface area contributed by atoms with Crippen molar-refractivity contribution in [2.24, 2.45) is 5.73 Å². The van der Waals surface area contributed by atoms with Crippen molar-refractivity contribution in [1.29, 1.82) is 0 Å². The average molecular weight is 350 g/mol. The molecule has 25 heavy (non-hydrogen) atoms. The Bertz CT molecular complexity index is 550. The van der Waals surface area contributed by atoms with Crippen LogP contribution in [0.3, 0.4) is 0 Å². The largest absolute Gasteiger partial charge is 0.490 e. The molecule has 1 amide bonds. The number of amides is 1. The number of nitrogens with one attached hydrogen (secondary N) is 1. The summed E-state index contributed by atoms with van der Waals surface area (Å²) in [5, 5.41) is 3.06. The lowest BCUT2D eigenvalue weighted by Gasteiger charge is -2.29. The lowest BCUT2D eigenvalue weighted by Crippen LogP contribution is -2.49. The van der Waals surface area contributed by atoms with E-state index >= 15 is 0 Å². The number of benzene rings is 1. The molecule has 1 fully saturated rings. The highest BCUT2D eigenvalue weighted by Gasteiger charge is 2.25. The molecule has 0 unspecified atom stereocenters. The van der Waals surface area contributed by atoms with E-state index in [1.54, 1.807) is 12.1 Å². The number of ether oxygens (including phenoxy) is 3. The molecule has 0 saturated heterocycles. The zero-order chi connectivity index (χ0) is 18.2. The van der Waals surface area contributed by atoms with Gasteiger partial charge in [-0.1, -0.05) is 12.8 Å². The third kappa shape index (κ3) is 5.01. The number of hydrogen-bond acceptors (Lipinski definition) is 5. The molecule has 0 aliphatic heterocycles. The van der Waals surface area contributed by atoms with Gasteiger partial charge in [0.25, 0.3) is 5.91 Å². The fourth-order valence-corrected chi connectivity index (χ4v) is 3.11. The summed E-state index contributed by atoms with van der Waals surface area (Å²) in [6.45, 7) is 7.13. The van der Waals surface area contributed by atoms with E-state index in [0.717, 1.165) is 25.7 Å². The molecular weight excluding hydrogens is 320 g/mol. The fourth-order valence-electron chi connectivity index (χ4n) is 3.11. The first-order chi connectivity index (χ1) is 12.1. The van der Waals surface area contributed by atoms with Gasteiger partial charge in [0, 0.05) is 17.6 Å². The van der Waals surface area contributed by atoms with Crippen LogP contribution in [0.1, 0.15) is 56.8 Å². The molecule has 2 rings (SSSR count). The van der Waals surface area contributed by atoms with Crippen LogP contribution >= 0.6 is 0 Å². The van der Waals surface area contributed by atoms with Gasteiger partial charge in [-0.2, -0.15) is 0 Å². The molecule has 0 radical (unpaired) electrons. The van der Waals surface area contributed by atoms with Gasteiger partial charge < -0.3 is 25.3 Å². The third-order valence-corrected chi connectivity index (χ3v) is 4.31. The number of hydrogen-bond donors (Lipinski definition) is 2. The molecule has 0 spiro atoms. The Morgan fingerprint density at radius 2 is 1.60 bits per heavy atom. The van der Waals surface area contributed by atoms with E-state index in [0.29, 0.717) is 42.6 Å². The topological polar surface area (TPSA) is 82.8 Å². The quantitative estimate of drug-likeness (QED) is 0.753. The number of rotatable bonds is 8. The van der Waals surface area contributed by atoms with Crippen LogP contribution in [0.2, 0.25) is 0 Å². The van der Waals surface area contributed by atoms with Crippen LogP contribution in [0.15, 0.2) is 12.1 Å². The predicted molar refractivity (Wildman–Crippen MR) is 97.6 cm³/mol. The summed E-state index contributed by atoms with van der Waals surface area (Å²) in [7, 11) is 0. The minimum absolute atomic E-state index is 0.0122.